The van der Waals surface area contributed by atoms with E-state index in [-0.39, 0.29) is 11.9 Å². The fourth-order valence-corrected chi connectivity index (χ4v) is 3.42. The predicted octanol–water partition coefficient (Wildman–Crippen LogP) is 3.36. The number of amides is 1. The van der Waals surface area contributed by atoms with E-state index in [1.807, 2.05) is 50.4 Å². The van der Waals surface area contributed by atoms with Crippen LogP contribution in [0.2, 0.25) is 0 Å². The first-order valence-corrected chi connectivity index (χ1v) is 10.2. The zero-order valence-corrected chi connectivity index (χ0v) is 17.5. The molecule has 0 aliphatic heterocycles. The quantitative estimate of drug-likeness (QED) is 0.468. The largest absolute Gasteiger partial charge is 0.492 e. The van der Waals surface area contributed by atoms with E-state index in [4.69, 9.17) is 4.74 Å². The summed E-state index contributed by atoms with van der Waals surface area (Å²) >= 11 is 1.57. The Labute approximate surface area is 174 Å². The molecule has 0 saturated heterocycles. The first-order valence-electron chi connectivity index (χ1n) is 9.40. The summed E-state index contributed by atoms with van der Waals surface area (Å²) in [4.78, 5) is 21.8. The van der Waals surface area contributed by atoms with Crippen molar-refractivity contribution in [2.75, 3.05) is 25.5 Å². The lowest BCUT2D eigenvalue weighted by molar-refractivity contribution is -0.122. The number of likely N-dealkylation sites (N-methyl/N-ethyl adjacent to an activating group) is 1. The smallest absolute Gasteiger partial charge is 0.236 e. The third-order valence-electron chi connectivity index (χ3n) is 4.22. The van der Waals surface area contributed by atoms with E-state index in [0.29, 0.717) is 24.7 Å². The maximum absolute atomic E-state index is 11.7. The minimum absolute atomic E-state index is 0.0534. The number of carbonyl (C=O) groups is 1. The number of nitrogens with zero attached hydrogens (tertiary/aromatic N) is 2. The number of thiazole rings is 1. The predicted molar refractivity (Wildman–Crippen MR) is 117 cm³/mol. The number of ether oxygens (including phenoxy) is 1. The summed E-state index contributed by atoms with van der Waals surface area (Å²) in [6, 6.07) is 13.6. The van der Waals surface area contributed by atoms with E-state index in [9.17, 15) is 4.79 Å². The minimum Gasteiger partial charge on any atom is -0.492 e. The summed E-state index contributed by atoms with van der Waals surface area (Å²) in [6.07, 6.45) is 1.85. The van der Waals surface area contributed by atoms with E-state index < -0.39 is 0 Å². The highest BCUT2D eigenvalue weighted by Gasteiger charge is 2.09. The molecule has 2 heterocycles. The van der Waals surface area contributed by atoms with Crippen molar-refractivity contribution in [3.05, 3.63) is 54.4 Å². The van der Waals surface area contributed by atoms with Gasteiger partial charge in [0.1, 0.15) is 18.2 Å². The normalized spacial score (nSPS) is 11.7. The highest BCUT2D eigenvalue weighted by Crippen LogP contribution is 2.30. The number of hydrogen-bond donors (Lipinski definition) is 3. The van der Waals surface area contributed by atoms with Crippen LogP contribution in [0.3, 0.4) is 0 Å². The molecule has 0 aliphatic rings. The van der Waals surface area contributed by atoms with Gasteiger partial charge in [-0.05, 0) is 26.5 Å². The van der Waals surface area contributed by atoms with Gasteiger partial charge >= 0.3 is 0 Å². The molecule has 3 rings (SSSR count). The zero-order valence-electron chi connectivity index (χ0n) is 16.7. The topological polar surface area (TPSA) is 88.2 Å². The Kier molecular flexibility index (Phi) is 7.15. The van der Waals surface area contributed by atoms with Crippen LogP contribution in [0.15, 0.2) is 48.7 Å². The highest BCUT2D eigenvalue weighted by molar-refractivity contribution is 7.18. The fourth-order valence-electron chi connectivity index (χ4n) is 2.59. The van der Waals surface area contributed by atoms with Crippen LogP contribution in [0.25, 0.3) is 10.4 Å². The number of carbonyl (C=O) groups excluding carboxylic acids is 1. The second-order valence-corrected chi connectivity index (χ2v) is 7.53. The molecule has 0 fully saturated rings. The number of aryl methyl sites for hydroxylation is 1. The van der Waals surface area contributed by atoms with Crippen molar-refractivity contribution in [3.8, 4) is 16.2 Å². The number of rotatable bonds is 9. The van der Waals surface area contributed by atoms with Gasteiger partial charge in [0.2, 0.25) is 5.91 Å². The van der Waals surface area contributed by atoms with Gasteiger partial charge in [-0.2, -0.15) is 0 Å². The van der Waals surface area contributed by atoms with Crippen LogP contribution in [-0.4, -0.2) is 42.1 Å². The molecule has 1 aromatic carbocycles. The van der Waals surface area contributed by atoms with E-state index in [1.165, 1.54) is 0 Å². The number of nitrogens with one attached hydrogen (secondary N) is 3. The van der Waals surface area contributed by atoms with Crippen LogP contribution in [0.1, 0.15) is 12.6 Å². The lowest BCUT2D eigenvalue weighted by Gasteiger charge is -2.12. The Morgan fingerprint density at radius 3 is 2.79 bits per heavy atom. The van der Waals surface area contributed by atoms with Crippen LogP contribution in [-0.2, 0) is 4.79 Å². The van der Waals surface area contributed by atoms with Crippen LogP contribution in [0, 0.1) is 6.92 Å². The third-order valence-corrected chi connectivity index (χ3v) is 5.18. The molecule has 2 aromatic heterocycles. The molecule has 0 aliphatic carbocycles. The van der Waals surface area contributed by atoms with Gasteiger partial charge in [-0.1, -0.05) is 41.7 Å². The third kappa shape index (κ3) is 6.00. The summed E-state index contributed by atoms with van der Waals surface area (Å²) in [7, 11) is 1.75. The van der Waals surface area contributed by atoms with Crippen molar-refractivity contribution in [2.24, 2.45) is 0 Å². The van der Waals surface area contributed by atoms with Crippen molar-refractivity contribution in [1.82, 2.24) is 20.6 Å². The molecule has 0 saturated carbocycles. The average Bonchev–Trinajstić information content (AvgIpc) is 3.19. The lowest BCUT2D eigenvalue weighted by Crippen LogP contribution is -2.41. The summed E-state index contributed by atoms with van der Waals surface area (Å²) in [5.41, 5.74) is 1.96. The van der Waals surface area contributed by atoms with E-state index >= 15 is 0 Å². The highest BCUT2D eigenvalue weighted by atomic mass is 32.1. The molecule has 3 N–H and O–H groups in total. The van der Waals surface area contributed by atoms with Gasteiger partial charge in [-0.25, -0.2) is 9.97 Å². The van der Waals surface area contributed by atoms with E-state index in [1.54, 1.807) is 18.4 Å². The van der Waals surface area contributed by atoms with Crippen molar-refractivity contribution in [3.63, 3.8) is 0 Å². The van der Waals surface area contributed by atoms with Crippen LogP contribution >= 0.6 is 11.3 Å². The molecule has 0 radical (unpaired) electrons. The van der Waals surface area contributed by atoms with Gasteiger partial charge in [-0.3, -0.25) is 4.79 Å². The maximum Gasteiger partial charge on any atom is 0.236 e. The van der Waals surface area contributed by atoms with Gasteiger partial charge in [0.15, 0.2) is 5.13 Å². The van der Waals surface area contributed by atoms with E-state index in [0.717, 1.165) is 21.3 Å². The van der Waals surface area contributed by atoms with Crippen molar-refractivity contribution < 1.29 is 9.53 Å². The summed E-state index contributed by atoms with van der Waals surface area (Å²) in [6.45, 7) is 4.52. The second-order valence-electron chi connectivity index (χ2n) is 6.50. The Hall–Kier alpha value is -2.97. The number of hydrogen-bond acceptors (Lipinski definition) is 7. The lowest BCUT2D eigenvalue weighted by atomic mass is 10.2. The summed E-state index contributed by atoms with van der Waals surface area (Å²) in [5, 5.41) is 9.73. The molecule has 29 heavy (non-hydrogen) atoms. The molecule has 152 valence electrons. The number of anilines is 2. The van der Waals surface area contributed by atoms with Crippen LogP contribution in [0.5, 0.6) is 5.75 Å². The molecule has 0 bridgehead atoms. The van der Waals surface area contributed by atoms with Crippen LogP contribution < -0.4 is 20.7 Å². The minimum atomic E-state index is -0.229. The van der Waals surface area contributed by atoms with Gasteiger partial charge in [0.25, 0.3) is 0 Å². The molecule has 1 amide bonds. The van der Waals surface area contributed by atoms with Gasteiger partial charge in [0.05, 0.1) is 17.5 Å². The summed E-state index contributed by atoms with van der Waals surface area (Å²) < 4.78 is 5.77. The second kappa shape index (κ2) is 9.99. The molecule has 0 spiro atoms. The first kappa shape index (κ1) is 20.8. The molecular formula is C21H25N5O2S. The SMILES string of the molecule is CNC(C)C(=O)NCCOc1cc(C)nc(Nc2ncc(-c3ccccc3)s2)c1. The van der Waals surface area contributed by atoms with Gasteiger partial charge in [0, 0.05) is 24.0 Å². The Balaban J connectivity index is 1.58. The van der Waals surface area contributed by atoms with Crippen molar-refractivity contribution >= 4 is 28.2 Å². The standard InChI is InChI=1S/C21H25N5O2S/c1-14-11-17(28-10-9-23-20(27)15(2)22-3)12-19(25-14)26-21-24-13-18(29-21)16-7-5-4-6-8-16/h4-8,11-13,15,22H,9-10H2,1-3H3,(H,23,27)(H,24,25,26). The number of benzene rings is 1. The van der Waals surface area contributed by atoms with Gasteiger partial charge < -0.3 is 20.7 Å². The molecular weight excluding hydrogens is 386 g/mol. The zero-order chi connectivity index (χ0) is 20.6. The first-order chi connectivity index (χ1) is 14.0. The number of pyridine rings is 1. The Morgan fingerprint density at radius 2 is 2.03 bits per heavy atom. The Bertz CT molecular complexity index is 945. The van der Waals surface area contributed by atoms with Crippen molar-refractivity contribution in [2.45, 2.75) is 19.9 Å². The van der Waals surface area contributed by atoms with E-state index in [2.05, 4.69) is 38.1 Å². The van der Waals surface area contributed by atoms with Gasteiger partial charge in [-0.15, -0.1) is 0 Å². The molecule has 8 heteroatoms. The van der Waals surface area contributed by atoms with Crippen LogP contribution in [0.4, 0.5) is 10.9 Å². The summed E-state index contributed by atoms with van der Waals surface area (Å²) in [5.74, 6) is 1.31. The van der Waals surface area contributed by atoms with Crippen molar-refractivity contribution in [1.29, 1.82) is 0 Å². The average molecular weight is 412 g/mol. The molecule has 1 atom stereocenters. The molecule has 7 nitrogen and oxygen atoms in total. The fraction of sp³-hybridized carbons (Fsp3) is 0.286. The maximum atomic E-state index is 11.7. The Morgan fingerprint density at radius 1 is 1.24 bits per heavy atom. The monoisotopic (exact) mass is 411 g/mol. The molecule has 3 aromatic rings. The number of aromatic nitrogens is 2. The molecule has 1 unspecified atom stereocenters.